The van der Waals surface area contributed by atoms with E-state index < -0.39 is 15.9 Å². The topological polar surface area (TPSA) is 75.3 Å². The van der Waals surface area contributed by atoms with E-state index in [9.17, 15) is 13.2 Å². The van der Waals surface area contributed by atoms with Crippen LogP contribution in [-0.2, 0) is 16.6 Å². The van der Waals surface area contributed by atoms with Gasteiger partial charge in [0.15, 0.2) is 0 Å². The molecule has 3 aromatic carbocycles. The van der Waals surface area contributed by atoms with Gasteiger partial charge in [0.25, 0.3) is 15.9 Å². The van der Waals surface area contributed by atoms with Crippen molar-refractivity contribution in [1.82, 2.24) is 5.32 Å². The van der Waals surface area contributed by atoms with Crippen molar-refractivity contribution in [2.24, 2.45) is 0 Å². The highest BCUT2D eigenvalue weighted by molar-refractivity contribution is 7.92. The Morgan fingerprint density at radius 1 is 0.933 bits per heavy atom. The normalized spacial score (nSPS) is 11.2. The minimum atomic E-state index is -3.99. The fraction of sp³-hybridized carbons (Fsp3) is 0.136. The summed E-state index contributed by atoms with van der Waals surface area (Å²) in [7, 11) is -3.99. The van der Waals surface area contributed by atoms with E-state index in [-0.39, 0.29) is 22.0 Å². The molecule has 0 aliphatic heterocycles. The van der Waals surface area contributed by atoms with Crippen molar-refractivity contribution in [2.75, 3.05) is 4.72 Å². The van der Waals surface area contributed by atoms with E-state index in [2.05, 4.69) is 10.0 Å². The third kappa shape index (κ3) is 5.33. The SMILES string of the molecule is Cc1ccc(C)c(NS(=O)(=O)c2cc(C(=O)NCc3ccc(Cl)cc3)ccc2Cl)c1. The van der Waals surface area contributed by atoms with Crippen molar-refractivity contribution in [2.45, 2.75) is 25.3 Å². The third-order valence-corrected chi connectivity index (χ3v) is 6.59. The number of carbonyl (C=O) groups excluding carboxylic acids is 1. The van der Waals surface area contributed by atoms with Crippen LogP contribution in [0.3, 0.4) is 0 Å². The summed E-state index contributed by atoms with van der Waals surface area (Å²) in [6.45, 7) is 3.96. The maximum Gasteiger partial charge on any atom is 0.263 e. The van der Waals surface area contributed by atoms with Crippen LogP contribution in [0.15, 0.2) is 65.6 Å². The molecule has 30 heavy (non-hydrogen) atoms. The second kappa shape index (κ2) is 9.08. The second-order valence-corrected chi connectivity index (χ2v) is 9.37. The maximum atomic E-state index is 12.9. The number of nitrogens with one attached hydrogen (secondary N) is 2. The van der Waals surface area contributed by atoms with Gasteiger partial charge in [0, 0.05) is 17.1 Å². The van der Waals surface area contributed by atoms with Gasteiger partial charge in [-0.2, -0.15) is 0 Å². The number of anilines is 1. The fourth-order valence-corrected chi connectivity index (χ4v) is 4.56. The van der Waals surface area contributed by atoms with Gasteiger partial charge >= 0.3 is 0 Å². The van der Waals surface area contributed by atoms with Gasteiger partial charge in [0.05, 0.1) is 10.7 Å². The summed E-state index contributed by atoms with van der Waals surface area (Å²) in [4.78, 5) is 12.4. The van der Waals surface area contributed by atoms with Gasteiger partial charge in [0.1, 0.15) is 4.90 Å². The molecule has 0 spiro atoms. The lowest BCUT2D eigenvalue weighted by molar-refractivity contribution is 0.0950. The Hall–Kier alpha value is -2.54. The number of aryl methyl sites for hydroxylation is 2. The molecule has 3 rings (SSSR count). The number of hydrogen-bond donors (Lipinski definition) is 2. The van der Waals surface area contributed by atoms with E-state index in [4.69, 9.17) is 23.2 Å². The van der Waals surface area contributed by atoms with Crippen LogP contribution in [0.4, 0.5) is 5.69 Å². The summed E-state index contributed by atoms with van der Waals surface area (Å²) in [6, 6.07) is 16.7. The molecule has 0 atom stereocenters. The second-order valence-electron chi connectivity index (χ2n) is 6.88. The van der Waals surface area contributed by atoms with Crippen molar-refractivity contribution in [1.29, 1.82) is 0 Å². The van der Waals surface area contributed by atoms with Gasteiger partial charge in [-0.3, -0.25) is 9.52 Å². The third-order valence-electron chi connectivity index (χ3n) is 4.49. The zero-order chi connectivity index (χ0) is 21.9. The smallest absolute Gasteiger partial charge is 0.263 e. The Morgan fingerprint density at radius 3 is 2.33 bits per heavy atom. The number of amides is 1. The van der Waals surface area contributed by atoms with E-state index in [1.807, 2.05) is 19.1 Å². The first kappa shape index (κ1) is 22.2. The van der Waals surface area contributed by atoms with Gasteiger partial charge < -0.3 is 5.32 Å². The molecule has 0 saturated carbocycles. The molecule has 0 radical (unpaired) electrons. The Balaban J connectivity index is 1.82. The van der Waals surface area contributed by atoms with Gasteiger partial charge in [-0.25, -0.2) is 8.42 Å². The summed E-state index contributed by atoms with van der Waals surface area (Å²) in [5, 5.41) is 3.39. The quantitative estimate of drug-likeness (QED) is 0.518. The highest BCUT2D eigenvalue weighted by Gasteiger charge is 2.21. The molecular formula is C22H20Cl2N2O3S. The number of sulfonamides is 1. The van der Waals surface area contributed by atoms with E-state index in [0.717, 1.165) is 16.7 Å². The van der Waals surface area contributed by atoms with Crippen molar-refractivity contribution >= 4 is 44.8 Å². The van der Waals surface area contributed by atoms with E-state index in [1.165, 1.54) is 18.2 Å². The molecule has 1 amide bonds. The van der Waals surface area contributed by atoms with Crippen LogP contribution in [0.25, 0.3) is 0 Å². The number of halogens is 2. The largest absolute Gasteiger partial charge is 0.348 e. The van der Waals surface area contributed by atoms with Crippen LogP contribution >= 0.6 is 23.2 Å². The highest BCUT2D eigenvalue weighted by Crippen LogP contribution is 2.27. The highest BCUT2D eigenvalue weighted by atomic mass is 35.5. The first-order chi connectivity index (χ1) is 14.2. The molecule has 0 bridgehead atoms. The van der Waals surface area contributed by atoms with Crippen LogP contribution in [0.2, 0.25) is 10.0 Å². The molecule has 0 aliphatic carbocycles. The molecule has 0 saturated heterocycles. The van der Waals surface area contributed by atoms with Crippen molar-refractivity contribution in [3.8, 4) is 0 Å². The van der Waals surface area contributed by atoms with Crippen LogP contribution in [0, 0.1) is 13.8 Å². The zero-order valence-corrected chi connectivity index (χ0v) is 18.7. The van der Waals surface area contributed by atoms with Gasteiger partial charge in [0.2, 0.25) is 0 Å². The van der Waals surface area contributed by atoms with Crippen molar-refractivity contribution < 1.29 is 13.2 Å². The lowest BCUT2D eigenvalue weighted by atomic mass is 10.1. The summed E-state index contributed by atoms with van der Waals surface area (Å²) >= 11 is 12.0. The first-order valence-electron chi connectivity index (χ1n) is 9.08. The Kier molecular flexibility index (Phi) is 6.71. The first-order valence-corrected chi connectivity index (χ1v) is 11.3. The maximum absolute atomic E-state index is 12.9. The van der Waals surface area contributed by atoms with E-state index in [0.29, 0.717) is 10.7 Å². The standard InChI is InChI=1S/C22H20Cl2N2O3S/c1-14-3-4-15(2)20(11-14)26-30(28,29)21-12-17(7-10-19(21)24)22(27)25-13-16-5-8-18(23)9-6-16/h3-12,26H,13H2,1-2H3,(H,25,27). The number of hydrogen-bond acceptors (Lipinski definition) is 3. The Morgan fingerprint density at radius 2 is 1.63 bits per heavy atom. The van der Waals surface area contributed by atoms with Crippen LogP contribution < -0.4 is 10.0 Å². The number of rotatable bonds is 6. The average Bonchev–Trinajstić information content (AvgIpc) is 2.70. The molecule has 0 unspecified atom stereocenters. The van der Waals surface area contributed by atoms with Crippen molar-refractivity contribution in [3.05, 3.63) is 93.0 Å². The molecule has 2 N–H and O–H groups in total. The van der Waals surface area contributed by atoms with Crippen molar-refractivity contribution in [3.63, 3.8) is 0 Å². The minimum Gasteiger partial charge on any atom is -0.348 e. The monoisotopic (exact) mass is 462 g/mol. The lowest BCUT2D eigenvalue weighted by Gasteiger charge is -2.13. The summed E-state index contributed by atoms with van der Waals surface area (Å²) < 4.78 is 28.4. The van der Waals surface area contributed by atoms with Gasteiger partial charge in [-0.15, -0.1) is 0 Å². The average molecular weight is 463 g/mol. The lowest BCUT2D eigenvalue weighted by Crippen LogP contribution is -2.23. The molecule has 0 fully saturated rings. The number of carbonyl (C=O) groups is 1. The Labute approximate surface area is 186 Å². The zero-order valence-electron chi connectivity index (χ0n) is 16.4. The molecule has 8 heteroatoms. The fourth-order valence-electron chi connectivity index (χ4n) is 2.78. The molecular weight excluding hydrogens is 443 g/mol. The molecule has 0 heterocycles. The van der Waals surface area contributed by atoms with Crippen LogP contribution in [0.1, 0.15) is 27.0 Å². The van der Waals surface area contributed by atoms with E-state index >= 15 is 0 Å². The summed E-state index contributed by atoms with van der Waals surface area (Å²) in [5.74, 6) is -0.412. The molecule has 156 valence electrons. The van der Waals surface area contributed by atoms with Crippen LogP contribution in [-0.4, -0.2) is 14.3 Å². The summed E-state index contributed by atoms with van der Waals surface area (Å²) in [5.41, 5.74) is 3.21. The molecule has 5 nitrogen and oxygen atoms in total. The van der Waals surface area contributed by atoms with E-state index in [1.54, 1.807) is 37.3 Å². The van der Waals surface area contributed by atoms with Crippen LogP contribution in [0.5, 0.6) is 0 Å². The summed E-state index contributed by atoms with van der Waals surface area (Å²) in [6.07, 6.45) is 0. The predicted molar refractivity (Wildman–Crippen MR) is 121 cm³/mol. The molecule has 0 aromatic heterocycles. The van der Waals surface area contributed by atoms with Gasteiger partial charge in [-0.05, 0) is 66.9 Å². The number of benzene rings is 3. The predicted octanol–water partition coefficient (Wildman–Crippen LogP) is 5.34. The van der Waals surface area contributed by atoms with Gasteiger partial charge in [-0.1, -0.05) is 47.5 Å². The molecule has 3 aromatic rings. The minimum absolute atomic E-state index is 0.0297. The Bertz CT molecular complexity index is 1190. The molecule has 0 aliphatic rings.